The predicted octanol–water partition coefficient (Wildman–Crippen LogP) is 4.40. The Balaban J connectivity index is 2.07. The van der Waals surface area contributed by atoms with E-state index in [0.717, 1.165) is 17.4 Å². The van der Waals surface area contributed by atoms with Crippen LogP contribution < -0.4 is 11.1 Å². The van der Waals surface area contributed by atoms with Crippen molar-refractivity contribution >= 4 is 61.4 Å². The average Bonchev–Trinajstić information content (AvgIpc) is 2.92. The maximum atomic E-state index is 13.2. The average molecular weight is 399 g/mol. The van der Waals surface area contributed by atoms with E-state index in [9.17, 15) is 19.1 Å². The number of halogens is 3. The molecule has 0 saturated carbocycles. The first-order valence-corrected chi connectivity index (χ1v) is 8.37. The normalized spacial score (nSPS) is 10.8. The van der Waals surface area contributed by atoms with Gasteiger partial charge in [-0.1, -0.05) is 23.2 Å². The van der Waals surface area contributed by atoms with E-state index in [0.29, 0.717) is 10.1 Å². The number of phenols is 1. The number of nitrogens with two attached hydrogens (primary N) is 1. The number of thiophene rings is 1. The topological polar surface area (TPSA) is 92.4 Å². The third-order valence-corrected chi connectivity index (χ3v) is 5.36. The molecule has 1 aromatic heterocycles. The van der Waals surface area contributed by atoms with E-state index in [1.54, 1.807) is 0 Å². The van der Waals surface area contributed by atoms with Crippen molar-refractivity contribution in [1.82, 2.24) is 0 Å². The lowest BCUT2D eigenvalue weighted by atomic mass is 10.1. The van der Waals surface area contributed by atoms with Crippen molar-refractivity contribution in [3.8, 4) is 5.75 Å². The molecule has 0 aliphatic carbocycles. The number of nitrogens with one attached hydrogen (secondary N) is 1. The Hall–Kier alpha value is -2.35. The van der Waals surface area contributed by atoms with Gasteiger partial charge < -0.3 is 16.2 Å². The minimum atomic E-state index is -0.763. The van der Waals surface area contributed by atoms with Crippen molar-refractivity contribution in [1.29, 1.82) is 0 Å². The van der Waals surface area contributed by atoms with E-state index < -0.39 is 17.6 Å². The molecule has 0 saturated heterocycles. The van der Waals surface area contributed by atoms with Gasteiger partial charge in [0, 0.05) is 10.9 Å². The SMILES string of the molecule is NC(=O)c1c(NC(=O)c2ccc(F)c(Cl)c2)sc2c(Cl)c(O)ccc12. The number of primary amides is 1. The highest BCUT2D eigenvalue weighted by molar-refractivity contribution is 7.24. The monoisotopic (exact) mass is 398 g/mol. The fourth-order valence-electron chi connectivity index (χ4n) is 2.26. The summed E-state index contributed by atoms with van der Waals surface area (Å²) in [4.78, 5) is 24.2. The van der Waals surface area contributed by atoms with E-state index in [2.05, 4.69) is 5.32 Å². The fourth-order valence-corrected chi connectivity index (χ4v) is 3.86. The lowest BCUT2D eigenvalue weighted by Gasteiger charge is -2.05. The Kier molecular flexibility index (Phi) is 4.55. The first-order valence-electron chi connectivity index (χ1n) is 6.79. The van der Waals surface area contributed by atoms with Gasteiger partial charge in [0.25, 0.3) is 11.8 Å². The molecular weight excluding hydrogens is 390 g/mol. The van der Waals surface area contributed by atoms with Crippen LogP contribution in [0.3, 0.4) is 0 Å². The van der Waals surface area contributed by atoms with Crippen LogP contribution in [0.1, 0.15) is 20.7 Å². The summed E-state index contributed by atoms with van der Waals surface area (Å²) in [6, 6.07) is 6.30. The van der Waals surface area contributed by atoms with Gasteiger partial charge in [0.1, 0.15) is 21.6 Å². The second-order valence-corrected chi connectivity index (χ2v) is 6.83. The number of anilines is 1. The summed E-state index contributed by atoms with van der Waals surface area (Å²) >= 11 is 12.7. The Morgan fingerprint density at radius 1 is 1.20 bits per heavy atom. The molecule has 0 unspecified atom stereocenters. The smallest absolute Gasteiger partial charge is 0.256 e. The molecule has 2 amide bonds. The summed E-state index contributed by atoms with van der Waals surface area (Å²) in [5, 5.41) is 12.7. The molecule has 5 nitrogen and oxygen atoms in total. The van der Waals surface area contributed by atoms with Crippen molar-refractivity contribution in [2.24, 2.45) is 5.73 Å². The predicted molar refractivity (Wildman–Crippen MR) is 96.4 cm³/mol. The summed E-state index contributed by atoms with van der Waals surface area (Å²) < 4.78 is 13.6. The zero-order valence-electron chi connectivity index (χ0n) is 12.3. The highest BCUT2D eigenvalue weighted by Crippen LogP contribution is 2.43. The van der Waals surface area contributed by atoms with Gasteiger partial charge in [-0.25, -0.2) is 4.39 Å². The van der Waals surface area contributed by atoms with E-state index >= 15 is 0 Å². The van der Waals surface area contributed by atoms with Gasteiger partial charge in [-0.15, -0.1) is 11.3 Å². The number of hydrogen-bond acceptors (Lipinski definition) is 4. The van der Waals surface area contributed by atoms with Crippen LogP contribution in [-0.2, 0) is 0 Å². The van der Waals surface area contributed by atoms with Gasteiger partial charge in [-0.3, -0.25) is 9.59 Å². The highest BCUT2D eigenvalue weighted by atomic mass is 35.5. The van der Waals surface area contributed by atoms with Crippen LogP contribution in [0, 0.1) is 5.82 Å². The molecule has 128 valence electrons. The van der Waals surface area contributed by atoms with Crippen LogP contribution in [0.5, 0.6) is 5.75 Å². The molecule has 4 N–H and O–H groups in total. The first kappa shape index (κ1) is 17.5. The van der Waals surface area contributed by atoms with Gasteiger partial charge in [0.05, 0.1) is 15.3 Å². The number of carbonyl (C=O) groups is 2. The molecule has 1 heterocycles. The number of hydrogen-bond donors (Lipinski definition) is 3. The van der Waals surface area contributed by atoms with E-state index in [4.69, 9.17) is 28.9 Å². The second-order valence-electron chi connectivity index (χ2n) is 5.03. The largest absolute Gasteiger partial charge is 0.506 e. The molecule has 3 aromatic rings. The lowest BCUT2D eigenvalue weighted by Crippen LogP contribution is -2.16. The maximum Gasteiger partial charge on any atom is 0.256 e. The molecule has 2 aromatic carbocycles. The number of amides is 2. The number of carbonyl (C=O) groups excluding carboxylic acids is 2. The third kappa shape index (κ3) is 3.13. The van der Waals surface area contributed by atoms with E-state index in [1.165, 1.54) is 24.3 Å². The van der Waals surface area contributed by atoms with Crippen LogP contribution in [-0.4, -0.2) is 16.9 Å². The summed E-state index contributed by atoms with van der Waals surface area (Å²) in [6.45, 7) is 0. The molecule has 0 aliphatic rings. The highest BCUT2D eigenvalue weighted by Gasteiger charge is 2.22. The van der Waals surface area contributed by atoms with Gasteiger partial charge in [-0.05, 0) is 30.3 Å². The standard InChI is InChI=1S/C16H9Cl2FN2O3S/c17-8-5-6(1-3-9(8)19)15(24)21-16-11(14(20)23)7-2-4-10(22)12(18)13(7)25-16/h1-5,22H,(H2,20,23)(H,21,24). The first-order chi connectivity index (χ1) is 11.8. The molecule has 0 bridgehead atoms. The zero-order chi connectivity index (χ0) is 18.3. The number of aromatic hydroxyl groups is 1. The van der Waals surface area contributed by atoms with Crippen LogP contribution in [0.25, 0.3) is 10.1 Å². The van der Waals surface area contributed by atoms with Crippen LogP contribution in [0.15, 0.2) is 30.3 Å². The summed E-state index contributed by atoms with van der Waals surface area (Å²) in [7, 11) is 0. The van der Waals surface area contributed by atoms with Crippen molar-refractivity contribution in [3.05, 3.63) is 57.3 Å². The fraction of sp³-hybridized carbons (Fsp3) is 0. The zero-order valence-corrected chi connectivity index (χ0v) is 14.6. The maximum absolute atomic E-state index is 13.2. The van der Waals surface area contributed by atoms with E-state index in [1.807, 2.05) is 0 Å². The molecule has 0 spiro atoms. The third-order valence-electron chi connectivity index (χ3n) is 3.43. The Labute approximate surface area is 154 Å². The van der Waals surface area contributed by atoms with Crippen molar-refractivity contribution in [2.45, 2.75) is 0 Å². The van der Waals surface area contributed by atoms with Crippen molar-refractivity contribution in [2.75, 3.05) is 5.32 Å². The Morgan fingerprint density at radius 3 is 2.56 bits per heavy atom. The van der Waals surface area contributed by atoms with Crippen molar-refractivity contribution in [3.63, 3.8) is 0 Å². The summed E-state index contributed by atoms with van der Waals surface area (Å²) in [5.74, 6) is -2.17. The number of phenolic OH excluding ortho intramolecular Hbond substituents is 1. The molecule has 9 heteroatoms. The second kappa shape index (κ2) is 6.51. The van der Waals surface area contributed by atoms with Gasteiger partial charge >= 0.3 is 0 Å². The van der Waals surface area contributed by atoms with Crippen LogP contribution >= 0.6 is 34.5 Å². The van der Waals surface area contributed by atoms with Gasteiger partial charge in [0.2, 0.25) is 0 Å². The van der Waals surface area contributed by atoms with Gasteiger partial charge in [-0.2, -0.15) is 0 Å². The minimum absolute atomic E-state index is 0.0512. The molecule has 25 heavy (non-hydrogen) atoms. The van der Waals surface area contributed by atoms with Crippen LogP contribution in [0.4, 0.5) is 9.39 Å². The molecule has 0 atom stereocenters. The molecular formula is C16H9Cl2FN2O3S. The minimum Gasteiger partial charge on any atom is -0.506 e. The van der Waals surface area contributed by atoms with E-state index in [-0.39, 0.29) is 31.9 Å². The summed E-state index contributed by atoms with van der Waals surface area (Å²) in [5.41, 5.74) is 5.59. The Bertz CT molecular complexity index is 1040. The lowest BCUT2D eigenvalue weighted by molar-refractivity contribution is 0.100. The van der Waals surface area contributed by atoms with Gasteiger partial charge in [0.15, 0.2) is 0 Å². The number of fused-ring (bicyclic) bond motifs is 1. The molecule has 0 radical (unpaired) electrons. The van der Waals surface area contributed by atoms with Crippen molar-refractivity contribution < 1.29 is 19.1 Å². The number of benzene rings is 2. The van der Waals surface area contributed by atoms with Crippen LogP contribution in [0.2, 0.25) is 10.0 Å². The number of rotatable bonds is 3. The Morgan fingerprint density at radius 2 is 1.92 bits per heavy atom. The molecule has 0 aliphatic heterocycles. The quantitative estimate of drug-likeness (QED) is 0.610. The molecule has 3 rings (SSSR count). The summed E-state index contributed by atoms with van der Waals surface area (Å²) in [6.07, 6.45) is 0. The molecule has 0 fully saturated rings.